The molecule has 1 heterocycles. The number of rotatable bonds is 2. The maximum absolute atomic E-state index is 6.48. The molecule has 5 unspecified atom stereocenters. The van der Waals surface area contributed by atoms with Crippen molar-refractivity contribution in [2.24, 2.45) is 35.3 Å². The third-order valence-electron chi connectivity index (χ3n) is 5.41. The molecule has 3 fully saturated rings. The highest BCUT2D eigenvalue weighted by Gasteiger charge is 2.66. The predicted octanol–water partition coefficient (Wildman–Crippen LogP) is 4.00. The van der Waals surface area contributed by atoms with Crippen LogP contribution in [0.3, 0.4) is 0 Å². The summed E-state index contributed by atoms with van der Waals surface area (Å²) in [6.07, 6.45) is 4.45. The highest BCUT2D eigenvalue weighted by molar-refractivity contribution is 7.16. The van der Waals surface area contributed by atoms with Gasteiger partial charge < -0.3 is 5.73 Å². The second-order valence-electron chi connectivity index (χ2n) is 6.20. The highest BCUT2D eigenvalue weighted by atomic mass is 35.5. The zero-order chi connectivity index (χ0) is 11.7. The van der Waals surface area contributed by atoms with Gasteiger partial charge in [0.05, 0.1) is 4.34 Å². The summed E-state index contributed by atoms with van der Waals surface area (Å²) in [7, 11) is 0. The van der Waals surface area contributed by atoms with Crippen molar-refractivity contribution in [1.29, 1.82) is 0 Å². The standard InChI is InChI=1S/C14H18ClNS/c1-6-4-9(17-14(6)15)13(16)12-10-7-2-3-8(5-7)11(10)12/h4,7-8,10-13H,2-3,5,16H2,1H3. The molecule has 0 spiro atoms. The molecule has 1 aromatic heterocycles. The van der Waals surface area contributed by atoms with Crippen molar-refractivity contribution in [2.75, 3.05) is 0 Å². The lowest BCUT2D eigenvalue weighted by Crippen LogP contribution is -2.16. The van der Waals surface area contributed by atoms with Crippen LogP contribution in [0.2, 0.25) is 4.34 Å². The van der Waals surface area contributed by atoms with Crippen molar-refractivity contribution in [2.45, 2.75) is 32.2 Å². The molecule has 3 heteroatoms. The number of hydrogen-bond donors (Lipinski definition) is 1. The minimum atomic E-state index is 0.254. The van der Waals surface area contributed by atoms with Gasteiger partial charge in [-0.1, -0.05) is 11.6 Å². The van der Waals surface area contributed by atoms with Crippen molar-refractivity contribution in [3.05, 3.63) is 20.8 Å². The van der Waals surface area contributed by atoms with Gasteiger partial charge in [-0.25, -0.2) is 0 Å². The van der Waals surface area contributed by atoms with Crippen LogP contribution in [0, 0.1) is 36.5 Å². The Balaban J connectivity index is 1.57. The molecule has 0 radical (unpaired) electrons. The fourth-order valence-electron chi connectivity index (χ4n) is 4.71. The molecule has 0 saturated heterocycles. The van der Waals surface area contributed by atoms with Crippen LogP contribution in [0.15, 0.2) is 6.07 Å². The van der Waals surface area contributed by atoms with E-state index in [9.17, 15) is 0 Å². The number of thiophene rings is 1. The Kier molecular flexibility index (Phi) is 2.23. The molecule has 92 valence electrons. The highest BCUT2D eigenvalue weighted by Crippen LogP contribution is 2.72. The summed E-state index contributed by atoms with van der Waals surface area (Å²) in [5, 5.41) is 0. The van der Waals surface area contributed by atoms with E-state index in [2.05, 4.69) is 13.0 Å². The van der Waals surface area contributed by atoms with Crippen molar-refractivity contribution < 1.29 is 0 Å². The Morgan fingerprint density at radius 2 is 2.00 bits per heavy atom. The summed E-state index contributed by atoms with van der Waals surface area (Å²) in [5.41, 5.74) is 7.67. The quantitative estimate of drug-likeness (QED) is 0.861. The van der Waals surface area contributed by atoms with E-state index in [0.717, 1.165) is 33.9 Å². The Morgan fingerprint density at radius 3 is 2.53 bits per heavy atom. The molecule has 4 rings (SSSR count). The first-order valence-electron chi connectivity index (χ1n) is 6.68. The smallest absolute Gasteiger partial charge is 0.0960 e. The van der Waals surface area contributed by atoms with Gasteiger partial charge in [-0.15, -0.1) is 11.3 Å². The molecule has 0 aromatic carbocycles. The molecule has 3 saturated carbocycles. The summed E-state index contributed by atoms with van der Waals surface area (Å²) in [4.78, 5) is 1.31. The molecule has 2 bridgehead atoms. The van der Waals surface area contributed by atoms with E-state index in [0.29, 0.717) is 0 Å². The second-order valence-corrected chi connectivity index (χ2v) is 7.88. The molecular weight excluding hydrogens is 250 g/mol. The zero-order valence-corrected chi connectivity index (χ0v) is 11.6. The summed E-state index contributed by atoms with van der Waals surface area (Å²) in [6, 6.07) is 2.46. The first-order valence-corrected chi connectivity index (χ1v) is 7.87. The normalized spacial score (nSPS) is 43.8. The average Bonchev–Trinajstić information content (AvgIpc) is 2.60. The molecule has 1 nitrogen and oxygen atoms in total. The van der Waals surface area contributed by atoms with Crippen LogP contribution in [0.25, 0.3) is 0 Å². The number of halogens is 1. The van der Waals surface area contributed by atoms with Crippen molar-refractivity contribution in [1.82, 2.24) is 0 Å². The van der Waals surface area contributed by atoms with Gasteiger partial charge in [0.25, 0.3) is 0 Å². The number of fused-ring (bicyclic) bond motifs is 5. The van der Waals surface area contributed by atoms with E-state index < -0.39 is 0 Å². The molecule has 0 aliphatic heterocycles. The third-order valence-corrected chi connectivity index (χ3v) is 7.07. The minimum Gasteiger partial charge on any atom is -0.323 e. The summed E-state index contributed by atoms with van der Waals surface area (Å²) >= 11 is 7.84. The van der Waals surface area contributed by atoms with Crippen LogP contribution in [0.1, 0.15) is 35.7 Å². The number of hydrogen-bond acceptors (Lipinski definition) is 2. The first-order chi connectivity index (χ1) is 8.16. The second kappa shape index (κ2) is 3.49. The largest absolute Gasteiger partial charge is 0.323 e. The molecule has 1 aromatic rings. The Hall–Kier alpha value is -0.0500. The maximum atomic E-state index is 6.48. The van der Waals surface area contributed by atoms with Crippen LogP contribution in [0.5, 0.6) is 0 Å². The van der Waals surface area contributed by atoms with Crippen LogP contribution in [-0.4, -0.2) is 0 Å². The zero-order valence-electron chi connectivity index (χ0n) is 10.0. The van der Waals surface area contributed by atoms with E-state index in [4.69, 9.17) is 17.3 Å². The molecule has 0 amide bonds. The number of aryl methyl sites for hydroxylation is 1. The van der Waals surface area contributed by atoms with Gasteiger partial charge in [0.2, 0.25) is 0 Å². The van der Waals surface area contributed by atoms with E-state index in [-0.39, 0.29) is 6.04 Å². The fourth-order valence-corrected chi connectivity index (χ4v) is 5.99. The van der Waals surface area contributed by atoms with E-state index in [1.54, 1.807) is 11.3 Å². The Bertz CT molecular complexity index is 433. The maximum Gasteiger partial charge on any atom is 0.0960 e. The lowest BCUT2D eigenvalue weighted by atomic mass is 9.97. The van der Waals surface area contributed by atoms with Gasteiger partial charge in [0.1, 0.15) is 0 Å². The van der Waals surface area contributed by atoms with Crippen LogP contribution >= 0.6 is 22.9 Å². The third kappa shape index (κ3) is 1.41. The SMILES string of the molecule is Cc1cc(C(N)C2C3C4CCC(C4)C32)sc1Cl. The molecule has 3 aliphatic rings. The van der Waals surface area contributed by atoms with Crippen molar-refractivity contribution in [3.8, 4) is 0 Å². The molecule has 3 aliphatic carbocycles. The average molecular weight is 268 g/mol. The van der Waals surface area contributed by atoms with E-state index >= 15 is 0 Å². The van der Waals surface area contributed by atoms with E-state index in [1.807, 2.05) is 0 Å². The lowest BCUT2D eigenvalue weighted by Gasteiger charge is -2.14. The van der Waals surface area contributed by atoms with Gasteiger partial charge in [0, 0.05) is 10.9 Å². The van der Waals surface area contributed by atoms with Crippen LogP contribution in [-0.2, 0) is 0 Å². The Labute approximate surface area is 111 Å². The lowest BCUT2D eigenvalue weighted by molar-refractivity contribution is 0.420. The number of nitrogens with two attached hydrogens (primary N) is 1. The molecule has 17 heavy (non-hydrogen) atoms. The van der Waals surface area contributed by atoms with Crippen molar-refractivity contribution in [3.63, 3.8) is 0 Å². The van der Waals surface area contributed by atoms with Gasteiger partial charge in [-0.2, -0.15) is 0 Å². The minimum absolute atomic E-state index is 0.254. The van der Waals surface area contributed by atoms with Crippen LogP contribution < -0.4 is 5.73 Å². The van der Waals surface area contributed by atoms with Gasteiger partial charge in [-0.3, -0.25) is 0 Å². The summed E-state index contributed by atoms with van der Waals surface area (Å²) < 4.78 is 0.921. The fraction of sp³-hybridized carbons (Fsp3) is 0.714. The summed E-state index contributed by atoms with van der Waals surface area (Å²) in [5.74, 6) is 4.72. The van der Waals surface area contributed by atoms with Gasteiger partial charge in [0.15, 0.2) is 0 Å². The van der Waals surface area contributed by atoms with Crippen LogP contribution in [0.4, 0.5) is 0 Å². The predicted molar refractivity (Wildman–Crippen MR) is 72.3 cm³/mol. The monoisotopic (exact) mass is 267 g/mol. The van der Waals surface area contributed by atoms with Gasteiger partial charge in [-0.05, 0) is 67.4 Å². The summed E-state index contributed by atoms with van der Waals surface area (Å²) in [6.45, 7) is 2.08. The molecule has 5 atom stereocenters. The van der Waals surface area contributed by atoms with Crippen molar-refractivity contribution >= 4 is 22.9 Å². The van der Waals surface area contributed by atoms with Gasteiger partial charge >= 0.3 is 0 Å². The first kappa shape index (κ1) is 10.8. The topological polar surface area (TPSA) is 26.0 Å². The molecular formula is C14H18ClNS. The molecule has 2 N–H and O–H groups in total. The van der Waals surface area contributed by atoms with E-state index in [1.165, 1.54) is 29.7 Å². The Morgan fingerprint density at radius 1 is 1.35 bits per heavy atom.